The van der Waals surface area contributed by atoms with E-state index in [-0.39, 0.29) is 0 Å². The van der Waals surface area contributed by atoms with E-state index in [4.69, 9.17) is 5.73 Å². The molecule has 1 aromatic heterocycles. The van der Waals surface area contributed by atoms with E-state index < -0.39 is 11.7 Å². The van der Waals surface area contributed by atoms with Crippen LogP contribution in [-0.2, 0) is 6.18 Å². The van der Waals surface area contributed by atoms with Crippen molar-refractivity contribution in [2.75, 3.05) is 5.73 Å². The van der Waals surface area contributed by atoms with Gasteiger partial charge >= 0.3 is 6.18 Å². The molecule has 6 heteroatoms. The Bertz CT molecular complexity index is 565. The van der Waals surface area contributed by atoms with Crippen molar-refractivity contribution in [1.82, 2.24) is 4.98 Å². The van der Waals surface area contributed by atoms with E-state index >= 15 is 0 Å². The van der Waals surface area contributed by atoms with Gasteiger partial charge in [-0.25, -0.2) is 4.98 Å². The molecule has 0 saturated carbocycles. The third kappa shape index (κ3) is 2.64. The summed E-state index contributed by atoms with van der Waals surface area (Å²) < 4.78 is 37.8. The number of benzene rings is 1. The number of nitrogen functional groups attached to an aromatic ring is 1. The fraction of sp³-hybridized carbons (Fsp3) is 0.0833. The minimum absolute atomic E-state index is 0.455. The molecule has 0 unspecified atom stereocenters. The summed E-state index contributed by atoms with van der Waals surface area (Å²) in [5.41, 5.74) is 6.76. The van der Waals surface area contributed by atoms with Gasteiger partial charge in [-0.3, -0.25) is 0 Å². The third-order valence-corrected chi connectivity index (χ3v) is 2.86. The maximum Gasteiger partial charge on any atom is 0.416 e. The van der Waals surface area contributed by atoms with Gasteiger partial charge in [0, 0.05) is 17.4 Å². The Morgan fingerprint density at radius 2 is 1.72 bits per heavy atom. The first-order valence-electron chi connectivity index (χ1n) is 4.96. The highest BCUT2D eigenvalue weighted by atomic mass is 79.9. The largest absolute Gasteiger partial charge is 0.416 e. The zero-order chi connectivity index (χ0) is 13.3. The number of pyridine rings is 1. The molecule has 0 spiro atoms. The van der Waals surface area contributed by atoms with Crippen LogP contribution in [0.2, 0.25) is 0 Å². The Morgan fingerprint density at radius 3 is 2.22 bits per heavy atom. The fourth-order valence-corrected chi connectivity index (χ4v) is 1.87. The van der Waals surface area contributed by atoms with Crippen molar-refractivity contribution in [2.24, 2.45) is 0 Å². The van der Waals surface area contributed by atoms with E-state index in [1.807, 2.05) is 0 Å². The molecule has 2 nitrogen and oxygen atoms in total. The smallest absolute Gasteiger partial charge is 0.398 e. The molecule has 1 heterocycles. The summed E-state index contributed by atoms with van der Waals surface area (Å²) in [6.45, 7) is 0. The minimum atomic E-state index is -4.33. The summed E-state index contributed by atoms with van der Waals surface area (Å²) >= 11 is 3.17. The summed E-state index contributed by atoms with van der Waals surface area (Å²) in [6.07, 6.45) is -2.82. The van der Waals surface area contributed by atoms with Crippen LogP contribution in [0.5, 0.6) is 0 Å². The molecule has 0 atom stereocenters. The Hall–Kier alpha value is -1.56. The van der Waals surface area contributed by atoms with E-state index in [1.54, 1.807) is 6.07 Å². The number of nitrogens with zero attached hydrogens (tertiary/aromatic N) is 1. The van der Waals surface area contributed by atoms with Crippen molar-refractivity contribution in [3.8, 4) is 11.1 Å². The van der Waals surface area contributed by atoms with E-state index in [2.05, 4.69) is 20.9 Å². The number of nitrogens with two attached hydrogens (primary N) is 1. The van der Waals surface area contributed by atoms with Gasteiger partial charge < -0.3 is 5.73 Å². The van der Waals surface area contributed by atoms with Gasteiger partial charge in [0.25, 0.3) is 0 Å². The second-order valence-electron chi connectivity index (χ2n) is 3.67. The Kier molecular flexibility index (Phi) is 3.30. The number of anilines is 1. The van der Waals surface area contributed by atoms with Gasteiger partial charge in [0.15, 0.2) is 0 Å². The van der Waals surface area contributed by atoms with Crippen LogP contribution in [0, 0.1) is 0 Å². The molecule has 0 saturated heterocycles. The summed E-state index contributed by atoms with van der Waals surface area (Å²) in [4.78, 5) is 4.00. The number of hydrogen-bond acceptors (Lipinski definition) is 2. The van der Waals surface area contributed by atoms with E-state index in [1.165, 1.54) is 18.3 Å². The van der Waals surface area contributed by atoms with Crippen molar-refractivity contribution >= 4 is 21.6 Å². The highest BCUT2D eigenvalue weighted by Gasteiger charge is 2.30. The second-order valence-corrected chi connectivity index (χ2v) is 4.48. The van der Waals surface area contributed by atoms with Gasteiger partial charge in [-0.2, -0.15) is 13.2 Å². The van der Waals surface area contributed by atoms with Crippen LogP contribution in [0.4, 0.5) is 18.9 Å². The molecule has 0 amide bonds. The Labute approximate surface area is 110 Å². The molecule has 94 valence electrons. The van der Waals surface area contributed by atoms with Gasteiger partial charge in [-0.05, 0) is 39.7 Å². The molecule has 0 aliphatic carbocycles. The summed E-state index contributed by atoms with van der Waals surface area (Å²) in [5.74, 6) is 0. The Morgan fingerprint density at radius 1 is 1.11 bits per heavy atom. The lowest BCUT2D eigenvalue weighted by molar-refractivity contribution is -0.137. The molecule has 2 aromatic rings. The molecule has 18 heavy (non-hydrogen) atoms. The van der Waals surface area contributed by atoms with Crippen LogP contribution < -0.4 is 5.73 Å². The van der Waals surface area contributed by atoms with Crippen molar-refractivity contribution in [3.05, 3.63) is 46.7 Å². The third-order valence-electron chi connectivity index (χ3n) is 2.43. The summed E-state index contributed by atoms with van der Waals surface area (Å²) in [7, 11) is 0. The van der Waals surface area contributed by atoms with E-state index in [9.17, 15) is 13.2 Å². The summed E-state index contributed by atoms with van der Waals surface area (Å²) in [6, 6.07) is 6.41. The fourth-order valence-electron chi connectivity index (χ4n) is 1.52. The average molecular weight is 317 g/mol. The maximum absolute atomic E-state index is 12.4. The molecule has 0 bridgehead atoms. The van der Waals surface area contributed by atoms with Gasteiger partial charge in [0.1, 0.15) is 4.60 Å². The first kappa shape index (κ1) is 12.9. The molecule has 2 rings (SSSR count). The van der Waals surface area contributed by atoms with Crippen LogP contribution in [-0.4, -0.2) is 4.98 Å². The lowest BCUT2D eigenvalue weighted by Gasteiger charge is -2.09. The molecule has 0 aliphatic heterocycles. The first-order valence-corrected chi connectivity index (χ1v) is 5.76. The van der Waals surface area contributed by atoms with E-state index in [0.717, 1.165) is 12.1 Å². The summed E-state index contributed by atoms with van der Waals surface area (Å²) in [5, 5.41) is 0. The van der Waals surface area contributed by atoms with Crippen LogP contribution in [0.15, 0.2) is 41.1 Å². The minimum Gasteiger partial charge on any atom is -0.398 e. The predicted molar refractivity (Wildman–Crippen MR) is 66.8 cm³/mol. The number of aromatic nitrogens is 1. The van der Waals surface area contributed by atoms with Gasteiger partial charge in [-0.1, -0.05) is 12.1 Å². The monoisotopic (exact) mass is 316 g/mol. The number of rotatable bonds is 1. The maximum atomic E-state index is 12.4. The second kappa shape index (κ2) is 4.61. The SMILES string of the molecule is Nc1cc(Br)ncc1-c1ccc(C(F)(F)F)cc1. The molecular weight excluding hydrogens is 309 g/mol. The molecule has 1 aromatic carbocycles. The highest BCUT2D eigenvalue weighted by molar-refractivity contribution is 9.10. The number of halogens is 4. The van der Waals surface area contributed by atoms with Gasteiger partial charge in [-0.15, -0.1) is 0 Å². The van der Waals surface area contributed by atoms with Crippen LogP contribution in [0.3, 0.4) is 0 Å². The molecule has 0 aliphatic rings. The number of alkyl halides is 3. The van der Waals surface area contributed by atoms with Crippen molar-refractivity contribution in [2.45, 2.75) is 6.18 Å². The predicted octanol–water partition coefficient (Wildman–Crippen LogP) is 4.11. The zero-order valence-electron chi connectivity index (χ0n) is 9.00. The molecular formula is C12H8BrF3N2. The molecule has 0 radical (unpaired) electrons. The van der Waals surface area contributed by atoms with Gasteiger partial charge in [0.2, 0.25) is 0 Å². The van der Waals surface area contributed by atoms with Crippen LogP contribution in [0.25, 0.3) is 11.1 Å². The van der Waals surface area contributed by atoms with Crippen LogP contribution in [0.1, 0.15) is 5.56 Å². The first-order chi connectivity index (χ1) is 8.38. The Balaban J connectivity index is 2.41. The molecule has 0 fully saturated rings. The lowest BCUT2D eigenvalue weighted by atomic mass is 10.0. The van der Waals surface area contributed by atoms with Crippen molar-refractivity contribution in [3.63, 3.8) is 0 Å². The van der Waals surface area contributed by atoms with Crippen LogP contribution >= 0.6 is 15.9 Å². The highest BCUT2D eigenvalue weighted by Crippen LogP contribution is 2.32. The number of hydrogen-bond donors (Lipinski definition) is 1. The zero-order valence-corrected chi connectivity index (χ0v) is 10.6. The normalized spacial score (nSPS) is 11.6. The van der Waals surface area contributed by atoms with Crippen molar-refractivity contribution in [1.29, 1.82) is 0 Å². The van der Waals surface area contributed by atoms with Crippen molar-refractivity contribution < 1.29 is 13.2 Å². The molecule has 2 N–H and O–H groups in total. The topological polar surface area (TPSA) is 38.9 Å². The van der Waals surface area contributed by atoms with E-state index in [0.29, 0.717) is 21.4 Å². The standard InChI is InChI=1S/C12H8BrF3N2/c13-11-5-10(17)9(6-18-11)7-1-3-8(4-2-7)12(14,15)16/h1-6H,(H2,17,18). The van der Waals surface area contributed by atoms with Gasteiger partial charge in [0.05, 0.1) is 5.56 Å². The quantitative estimate of drug-likeness (QED) is 0.804. The average Bonchev–Trinajstić information content (AvgIpc) is 2.28. The lowest BCUT2D eigenvalue weighted by Crippen LogP contribution is -2.04.